The average Bonchev–Trinajstić information content (AvgIpc) is 3.06. The molecule has 0 aliphatic carbocycles. The molecule has 1 amide bonds. The highest BCUT2D eigenvalue weighted by atomic mass is 16.2. The highest BCUT2D eigenvalue weighted by molar-refractivity contribution is 5.94. The van der Waals surface area contributed by atoms with E-state index >= 15 is 0 Å². The first kappa shape index (κ1) is 30.8. The molecule has 1 aliphatic rings. The minimum Gasteiger partial charge on any atom is -0.334 e. The zero-order valence-electron chi connectivity index (χ0n) is 26.0. The molecular weight excluding hydrogens is 524 g/mol. The molecule has 3 heteroatoms. The van der Waals surface area contributed by atoms with Gasteiger partial charge in [-0.05, 0) is 104 Å². The molecule has 4 aromatic rings. The number of piperidine rings is 1. The largest absolute Gasteiger partial charge is 0.334 e. The molecule has 0 bridgehead atoms. The minimum atomic E-state index is 0.150. The van der Waals surface area contributed by atoms with Gasteiger partial charge in [0.25, 0.3) is 5.91 Å². The number of unbranched alkanes of at least 4 members (excludes halogenated alkanes) is 2. The fourth-order valence-corrected chi connectivity index (χ4v) is 6.30. The molecule has 0 N–H and O–H groups in total. The van der Waals surface area contributed by atoms with Crippen LogP contribution < -0.4 is 0 Å². The molecule has 0 radical (unpaired) electrons. The zero-order valence-corrected chi connectivity index (χ0v) is 26.0. The summed E-state index contributed by atoms with van der Waals surface area (Å²) >= 11 is 0. The van der Waals surface area contributed by atoms with Crippen molar-refractivity contribution in [2.45, 2.75) is 64.8 Å². The van der Waals surface area contributed by atoms with Crippen molar-refractivity contribution in [1.29, 1.82) is 0 Å². The molecule has 0 spiro atoms. The molecule has 5 rings (SSSR count). The Morgan fingerprint density at radius 2 is 1.26 bits per heavy atom. The summed E-state index contributed by atoms with van der Waals surface area (Å²) < 4.78 is 0. The SMILES string of the molecule is CCCCCc1ccc(C(=O)N(Cc2ccc(-c3ccccc3)cc2)CC2CCN(CCCc3ccccc3)CC2)cc1. The van der Waals surface area contributed by atoms with Gasteiger partial charge in [-0.25, -0.2) is 0 Å². The predicted molar refractivity (Wildman–Crippen MR) is 180 cm³/mol. The number of rotatable bonds is 14. The van der Waals surface area contributed by atoms with Crippen LogP contribution in [0.3, 0.4) is 0 Å². The van der Waals surface area contributed by atoms with Crippen molar-refractivity contribution in [2.24, 2.45) is 5.92 Å². The van der Waals surface area contributed by atoms with E-state index in [1.807, 2.05) is 18.2 Å². The monoisotopic (exact) mass is 572 g/mol. The summed E-state index contributed by atoms with van der Waals surface area (Å²) in [4.78, 5) is 18.7. The first-order valence-electron chi connectivity index (χ1n) is 16.5. The van der Waals surface area contributed by atoms with E-state index in [0.717, 1.165) is 57.4 Å². The smallest absolute Gasteiger partial charge is 0.254 e. The number of carbonyl (C=O) groups is 1. The maximum atomic E-state index is 13.9. The van der Waals surface area contributed by atoms with Crippen LogP contribution in [0.1, 0.15) is 72.5 Å². The fourth-order valence-electron chi connectivity index (χ4n) is 6.30. The first-order valence-corrected chi connectivity index (χ1v) is 16.5. The van der Waals surface area contributed by atoms with Gasteiger partial charge in [-0.1, -0.05) is 117 Å². The summed E-state index contributed by atoms with van der Waals surface area (Å²) in [5, 5.41) is 0. The summed E-state index contributed by atoms with van der Waals surface area (Å²) in [7, 11) is 0. The van der Waals surface area contributed by atoms with E-state index in [-0.39, 0.29) is 5.91 Å². The lowest BCUT2D eigenvalue weighted by Crippen LogP contribution is -2.41. The summed E-state index contributed by atoms with van der Waals surface area (Å²) in [6, 6.07) is 38.5. The molecule has 1 heterocycles. The number of aryl methyl sites for hydroxylation is 2. The van der Waals surface area contributed by atoms with Gasteiger partial charge in [-0.2, -0.15) is 0 Å². The van der Waals surface area contributed by atoms with Crippen LogP contribution in [0.4, 0.5) is 0 Å². The molecule has 224 valence electrons. The Morgan fingerprint density at radius 1 is 0.674 bits per heavy atom. The molecule has 43 heavy (non-hydrogen) atoms. The Kier molecular flexibility index (Phi) is 11.6. The molecule has 0 saturated carbocycles. The summed E-state index contributed by atoms with van der Waals surface area (Å²) in [5.74, 6) is 0.684. The maximum absolute atomic E-state index is 13.9. The van der Waals surface area contributed by atoms with Crippen LogP contribution >= 0.6 is 0 Å². The van der Waals surface area contributed by atoms with Crippen molar-refractivity contribution in [3.63, 3.8) is 0 Å². The van der Waals surface area contributed by atoms with Gasteiger partial charge in [0.2, 0.25) is 0 Å². The van der Waals surface area contributed by atoms with E-state index in [2.05, 4.69) is 108 Å². The molecule has 4 aromatic carbocycles. The van der Waals surface area contributed by atoms with E-state index in [0.29, 0.717) is 12.5 Å². The molecule has 1 aliphatic heterocycles. The van der Waals surface area contributed by atoms with Gasteiger partial charge < -0.3 is 9.80 Å². The molecule has 0 unspecified atom stereocenters. The number of hydrogen-bond acceptors (Lipinski definition) is 2. The molecule has 0 atom stereocenters. The van der Waals surface area contributed by atoms with Crippen LogP contribution in [0, 0.1) is 5.92 Å². The van der Waals surface area contributed by atoms with Gasteiger partial charge in [-0.3, -0.25) is 4.79 Å². The summed E-state index contributed by atoms with van der Waals surface area (Å²) in [6.45, 7) is 7.10. The van der Waals surface area contributed by atoms with E-state index in [4.69, 9.17) is 0 Å². The van der Waals surface area contributed by atoms with Crippen molar-refractivity contribution in [3.05, 3.63) is 131 Å². The molecule has 0 aromatic heterocycles. The normalized spacial score (nSPS) is 14.1. The average molecular weight is 573 g/mol. The van der Waals surface area contributed by atoms with Crippen LogP contribution in [0.5, 0.6) is 0 Å². The lowest BCUT2D eigenvalue weighted by Gasteiger charge is -2.35. The van der Waals surface area contributed by atoms with Gasteiger partial charge in [0, 0.05) is 18.7 Å². The van der Waals surface area contributed by atoms with Crippen LogP contribution in [-0.2, 0) is 19.4 Å². The Morgan fingerprint density at radius 3 is 1.93 bits per heavy atom. The Labute approximate surface area is 259 Å². The second kappa shape index (κ2) is 16.2. The van der Waals surface area contributed by atoms with Gasteiger partial charge in [-0.15, -0.1) is 0 Å². The van der Waals surface area contributed by atoms with Crippen molar-refractivity contribution in [1.82, 2.24) is 9.80 Å². The van der Waals surface area contributed by atoms with Crippen LogP contribution in [-0.4, -0.2) is 41.9 Å². The zero-order chi connectivity index (χ0) is 29.7. The maximum Gasteiger partial charge on any atom is 0.254 e. The topological polar surface area (TPSA) is 23.6 Å². The number of benzene rings is 4. The first-order chi connectivity index (χ1) is 21.2. The number of hydrogen-bond donors (Lipinski definition) is 0. The van der Waals surface area contributed by atoms with Gasteiger partial charge in [0.1, 0.15) is 0 Å². The number of amides is 1. The Balaban J connectivity index is 1.21. The number of carbonyl (C=O) groups excluding carboxylic acids is 1. The number of likely N-dealkylation sites (tertiary alicyclic amines) is 1. The van der Waals surface area contributed by atoms with E-state index in [9.17, 15) is 4.79 Å². The standard InChI is InChI=1S/C40H48N2O/c1-2-3-6-12-34-18-24-39(25-19-34)40(43)42(31-35-20-22-38(23-21-35)37-16-9-5-10-17-37)32-36-26-29-41(30-27-36)28-11-15-33-13-7-4-8-14-33/h4-5,7-10,13-14,16-25,36H,2-3,6,11-12,15,26-32H2,1H3. The van der Waals surface area contributed by atoms with E-state index in [1.54, 1.807) is 0 Å². The third-order valence-corrected chi connectivity index (χ3v) is 8.96. The lowest BCUT2D eigenvalue weighted by molar-refractivity contribution is 0.0674. The van der Waals surface area contributed by atoms with Crippen LogP contribution in [0.15, 0.2) is 109 Å². The fraction of sp³-hybridized carbons (Fsp3) is 0.375. The highest BCUT2D eigenvalue weighted by Crippen LogP contribution is 2.24. The third kappa shape index (κ3) is 9.40. The van der Waals surface area contributed by atoms with Crippen LogP contribution in [0.2, 0.25) is 0 Å². The predicted octanol–water partition coefficient (Wildman–Crippen LogP) is 9.07. The van der Waals surface area contributed by atoms with Gasteiger partial charge >= 0.3 is 0 Å². The Hall–Kier alpha value is -3.69. The molecule has 1 saturated heterocycles. The molecular formula is C40H48N2O. The highest BCUT2D eigenvalue weighted by Gasteiger charge is 2.24. The van der Waals surface area contributed by atoms with Crippen molar-refractivity contribution in [3.8, 4) is 11.1 Å². The van der Waals surface area contributed by atoms with E-state index < -0.39 is 0 Å². The quantitative estimate of drug-likeness (QED) is 0.141. The lowest BCUT2D eigenvalue weighted by atomic mass is 9.95. The molecule has 1 fully saturated rings. The van der Waals surface area contributed by atoms with Gasteiger partial charge in [0.15, 0.2) is 0 Å². The molecule has 3 nitrogen and oxygen atoms in total. The van der Waals surface area contributed by atoms with Crippen molar-refractivity contribution < 1.29 is 4.79 Å². The van der Waals surface area contributed by atoms with Crippen molar-refractivity contribution >= 4 is 5.91 Å². The Bertz CT molecular complexity index is 1360. The van der Waals surface area contributed by atoms with Crippen LogP contribution in [0.25, 0.3) is 11.1 Å². The van der Waals surface area contributed by atoms with Crippen molar-refractivity contribution in [2.75, 3.05) is 26.2 Å². The second-order valence-corrected chi connectivity index (χ2v) is 12.3. The minimum absolute atomic E-state index is 0.150. The summed E-state index contributed by atoms with van der Waals surface area (Å²) in [6.07, 6.45) is 9.42. The van der Waals surface area contributed by atoms with E-state index in [1.165, 1.54) is 53.5 Å². The van der Waals surface area contributed by atoms with Gasteiger partial charge in [0.05, 0.1) is 0 Å². The number of nitrogens with zero attached hydrogens (tertiary/aromatic N) is 2. The third-order valence-electron chi connectivity index (χ3n) is 8.96. The summed E-state index contributed by atoms with van der Waals surface area (Å²) in [5.41, 5.74) is 7.17. The second-order valence-electron chi connectivity index (χ2n) is 12.3.